The molecule has 0 saturated heterocycles. The van der Waals surface area contributed by atoms with E-state index in [1.165, 1.54) is 12.1 Å². The molecule has 0 aromatic heterocycles. The molecule has 1 N–H and O–H groups in total. The van der Waals surface area contributed by atoms with Gasteiger partial charge in [-0.25, -0.2) is 8.42 Å². The summed E-state index contributed by atoms with van der Waals surface area (Å²) in [6.07, 6.45) is 0. The molecule has 35 heavy (non-hydrogen) atoms. The van der Waals surface area contributed by atoms with Gasteiger partial charge in [-0.1, -0.05) is 44.2 Å². The summed E-state index contributed by atoms with van der Waals surface area (Å²) in [6.45, 7) is 5.56. The summed E-state index contributed by atoms with van der Waals surface area (Å²) in [5, 5.41) is 2.90. The van der Waals surface area contributed by atoms with Crippen LogP contribution in [0, 0.1) is 0 Å². The predicted octanol–water partition coefficient (Wildman–Crippen LogP) is 4.90. The van der Waals surface area contributed by atoms with Crippen LogP contribution in [-0.4, -0.2) is 35.1 Å². The van der Waals surface area contributed by atoms with E-state index in [1.54, 1.807) is 62.8 Å². The van der Waals surface area contributed by atoms with Crippen LogP contribution >= 0.6 is 0 Å². The minimum Gasteiger partial charge on any atom is -0.497 e. The summed E-state index contributed by atoms with van der Waals surface area (Å²) >= 11 is 0. The number of benzene rings is 3. The van der Waals surface area contributed by atoms with Crippen molar-refractivity contribution in [3.8, 4) is 11.5 Å². The van der Waals surface area contributed by atoms with E-state index in [4.69, 9.17) is 9.47 Å². The molecule has 0 aliphatic carbocycles. The van der Waals surface area contributed by atoms with Crippen molar-refractivity contribution in [1.82, 2.24) is 5.32 Å². The lowest BCUT2D eigenvalue weighted by Crippen LogP contribution is -2.41. The molecule has 0 radical (unpaired) electrons. The molecular formula is C27H32N2O5S. The van der Waals surface area contributed by atoms with Gasteiger partial charge in [0.25, 0.3) is 10.0 Å². The molecule has 0 fully saturated rings. The first-order valence-corrected chi connectivity index (χ1v) is 12.8. The number of hydrogen-bond acceptors (Lipinski definition) is 5. The van der Waals surface area contributed by atoms with Gasteiger partial charge in [0, 0.05) is 5.56 Å². The molecular weight excluding hydrogens is 464 g/mol. The fraction of sp³-hybridized carbons (Fsp3) is 0.296. The topological polar surface area (TPSA) is 84.9 Å². The largest absolute Gasteiger partial charge is 0.497 e. The van der Waals surface area contributed by atoms with Crippen molar-refractivity contribution < 1.29 is 22.7 Å². The van der Waals surface area contributed by atoms with Crippen LogP contribution in [0.15, 0.2) is 77.7 Å². The second-order valence-electron chi connectivity index (χ2n) is 8.47. The van der Waals surface area contributed by atoms with Crippen molar-refractivity contribution in [2.75, 3.05) is 25.1 Å². The highest BCUT2D eigenvalue weighted by Crippen LogP contribution is 2.30. The zero-order chi connectivity index (χ0) is 25.6. The maximum atomic E-state index is 13.5. The van der Waals surface area contributed by atoms with E-state index in [0.717, 1.165) is 15.4 Å². The summed E-state index contributed by atoms with van der Waals surface area (Å²) in [5.41, 5.74) is 2.22. The molecule has 0 heterocycles. The number of carbonyl (C=O) groups excluding carboxylic acids is 1. The van der Waals surface area contributed by atoms with Crippen LogP contribution in [0.4, 0.5) is 5.69 Å². The molecule has 0 spiro atoms. The fourth-order valence-electron chi connectivity index (χ4n) is 3.73. The predicted molar refractivity (Wildman–Crippen MR) is 138 cm³/mol. The molecule has 0 aliphatic heterocycles. The number of methoxy groups -OCH3 is 2. The number of amides is 1. The van der Waals surface area contributed by atoms with Crippen LogP contribution in [0.2, 0.25) is 0 Å². The van der Waals surface area contributed by atoms with Gasteiger partial charge in [0.15, 0.2) is 0 Å². The Morgan fingerprint density at radius 1 is 0.914 bits per heavy atom. The smallest absolute Gasteiger partial charge is 0.264 e. The highest BCUT2D eigenvalue weighted by molar-refractivity contribution is 7.92. The zero-order valence-electron chi connectivity index (χ0n) is 20.7. The number of carbonyl (C=O) groups is 1. The van der Waals surface area contributed by atoms with Gasteiger partial charge in [-0.2, -0.15) is 0 Å². The monoisotopic (exact) mass is 496 g/mol. The minimum absolute atomic E-state index is 0.114. The summed E-state index contributed by atoms with van der Waals surface area (Å²) in [4.78, 5) is 13.2. The lowest BCUT2D eigenvalue weighted by molar-refractivity contribution is -0.120. The van der Waals surface area contributed by atoms with E-state index >= 15 is 0 Å². The zero-order valence-corrected chi connectivity index (χ0v) is 21.5. The number of sulfonamides is 1. The van der Waals surface area contributed by atoms with Gasteiger partial charge in [-0.3, -0.25) is 9.10 Å². The Bertz CT molecular complexity index is 1240. The number of anilines is 1. The highest BCUT2D eigenvalue weighted by atomic mass is 32.2. The Labute approximate surface area is 207 Å². The third-order valence-electron chi connectivity index (χ3n) is 5.75. The molecule has 1 atom stereocenters. The van der Waals surface area contributed by atoms with Crippen LogP contribution in [0.5, 0.6) is 11.5 Å². The van der Waals surface area contributed by atoms with Crippen LogP contribution < -0.4 is 19.1 Å². The minimum atomic E-state index is -3.98. The van der Waals surface area contributed by atoms with E-state index in [2.05, 4.69) is 19.2 Å². The van der Waals surface area contributed by atoms with E-state index < -0.39 is 22.0 Å². The Balaban J connectivity index is 1.91. The molecule has 7 nitrogen and oxygen atoms in total. The van der Waals surface area contributed by atoms with Gasteiger partial charge in [0.1, 0.15) is 18.0 Å². The van der Waals surface area contributed by atoms with Crippen LogP contribution in [0.1, 0.15) is 43.9 Å². The maximum Gasteiger partial charge on any atom is 0.264 e. The third kappa shape index (κ3) is 6.14. The fourth-order valence-corrected chi connectivity index (χ4v) is 5.18. The van der Waals surface area contributed by atoms with Gasteiger partial charge in [-0.15, -0.1) is 0 Å². The molecule has 1 amide bonds. The first-order chi connectivity index (χ1) is 16.7. The lowest BCUT2D eigenvalue weighted by atomic mass is 10.0. The standard InChI is InChI=1S/C27H32N2O5S/c1-19(2)21-11-13-22(14-12-21)29(35(31,32)24-9-7-6-8-10-24)18-27(30)28-20(3)25-17-23(33-4)15-16-26(25)34-5/h6-17,19-20H,18H2,1-5H3,(H,28,30). The molecule has 186 valence electrons. The average Bonchev–Trinajstić information content (AvgIpc) is 2.87. The molecule has 8 heteroatoms. The van der Waals surface area contributed by atoms with Gasteiger partial charge in [-0.05, 0) is 60.9 Å². The van der Waals surface area contributed by atoms with Crippen molar-refractivity contribution in [1.29, 1.82) is 0 Å². The van der Waals surface area contributed by atoms with Crippen LogP contribution in [-0.2, 0) is 14.8 Å². The Morgan fingerprint density at radius 3 is 2.14 bits per heavy atom. The second kappa shape index (κ2) is 11.3. The number of rotatable bonds is 10. The maximum absolute atomic E-state index is 13.5. The number of nitrogens with zero attached hydrogens (tertiary/aromatic N) is 1. The van der Waals surface area contributed by atoms with Gasteiger partial charge in [0.2, 0.25) is 5.91 Å². The third-order valence-corrected chi connectivity index (χ3v) is 7.54. The van der Waals surface area contributed by atoms with Gasteiger partial charge < -0.3 is 14.8 Å². The quantitative estimate of drug-likeness (QED) is 0.432. The molecule has 0 saturated carbocycles. The number of ether oxygens (including phenoxy) is 2. The first kappa shape index (κ1) is 26.1. The second-order valence-corrected chi connectivity index (χ2v) is 10.3. The van der Waals surface area contributed by atoms with Crippen molar-refractivity contribution in [3.05, 3.63) is 83.9 Å². The van der Waals surface area contributed by atoms with Crippen molar-refractivity contribution >= 4 is 21.6 Å². The molecule has 3 aromatic rings. The lowest BCUT2D eigenvalue weighted by Gasteiger charge is -2.26. The summed E-state index contributed by atoms with van der Waals surface area (Å²) in [7, 11) is -0.867. The highest BCUT2D eigenvalue weighted by Gasteiger charge is 2.28. The molecule has 3 aromatic carbocycles. The molecule has 0 aliphatic rings. The molecule has 3 rings (SSSR count). The van der Waals surface area contributed by atoms with Gasteiger partial charge >= 0.3 is 0 Å². The summed E-state index contributed by atoms with van der Waals surface area (Å²) < 4.78 is 38.9. The van der Waals surface area contributed by atoms with E-state index in [-0.39, 0.29) is 11.4 Å². The summed E-state index contributed by atoms with van der Waals surface area (Å²) in [5.74, 6) is 1.07. The van der Waals surface area contributed by atoms with Crippen LogP contribution in [0.25, 0.3) is 0 Å². The number of nitrogens with one attached hydrogen (secondary N) is 1. The van der Waals surface area contributed by atoms with E-state index in [1.807, 2.05) is 19.1 Å². The first-order valence-electron chi connectivity index (χ1n) is 11.4. The molecule has 0 bridgehead atoms. The normalized spacial score (nSPS) is 12.2. The van der Waals surface area contributed by atoms with Crippen LogP contribution in [0.3, 0.4) is 0 Å². The van der Waals surface area contributed by atoms with Crippen molar-refractivity contribution in [2.24, 2.45) is 0 Å². The van der Waals surface area contributed by atoms with Crippen molar-refractivity contribution in [3.63, 3.8) is 0 Å². The Kier molecular flexibility index (Phi) is 8.40. The average molecular weight is 497 g/mol. The van der Waals surface area contributed by atoms with Crippen molar-refractivity contribution in [2.45, 2.75) is 37.6 Å². The summed E-state index contributed by atoms with van der Waals surface area (Å²) in [6, 6.07) is 20.2. The Morgan fingerprint density at radius 2 is 1.57 bits per heavy atom. The van der Waals surface area contributed by atoms with E-state index in [0.29, 0.717) is 23.1 Å². The number of hydrogen-bond donors (Lipinski definition) is 1. The Hall–Kier alpha value is -3.52. The molecule has 1 unspecified atom stereocenters. The van der Waals surface area contributed by atoms with Gasteiger partial charge in [0.05, 0.1) is 30.8 Å². The van der Waals surface area contributed by atoms with E-state index in [9.17, 15) is 13.2 Å². The SMILES string of the molecule is COc1ccc(OC)c(C(C)NC(=O)CN(c2ccc(C(C)C)cc2)S(=O)(=O)c2ccccc2)c1.